The summed E-state index contributed by atoms with van der Waals surface area (Å²) in [6.07, 6.45) is 4.07. The molecule has 0 aliphatic carbocycles. The van der Waals surface area contributed by atoms with Gasteiger partial charge in [0, 0.05) is 12.3 Å². The highest BCUT2D eigenvalue weighted by molar-refractivity contribution is 7.80. The predicted octanol–water partition coefficient (Wildman–Crippen LogP) is 2.44. The van der Waals surface area contributed by atoms with Crippen LogP contribution in [0.1, 0.15) is 13.8 Å². The molecule has 2 aliphatic heterocycles. The van der Waals surface area contributed by atoms with Crippen LogP contribution in [-0.2, 0) is 0 Å². The summed E-state index contributed by atoms with van der Waals surface area (Å²) in [6.45, 7) is 5.35. The van der Waals surface area contributed by atoms with Crippen molar-refractivity contribution in [1.29, 1.82) is 0 Å². The van der Waals surface area contributed by atoms with Gasteiger partial charge in [0.25, 0.3) is 0 Å². The van der Waals surface area contributed by atoms with E-state index in [4.69, 9.17) is 21.7 Å². The highest BCUT2D eigenvalue weighted by Gasteiger charge is 2.24. The van der Waals surface area contributed by atoms with Gasteiger partial charge < -0.3 is 14.8 Å². The Morgan fingerprint density at radius 3 is 2.68 bits per heavy atom. The molecule has 0 spiro atoms. The van der Waals surface area contributed by atoms with Gasteiger partial charge in [-0.15, -0.1) is 0 Å². The number of rotatable bonds is 1. The molecule has 0 saturated heterocycles. The van der Waals surface area contributed by atoms with Gasteiger partial charge in [0.05, 0.1) is 11.2 Å². The number of ether oxygens (including phenoxy) is 2. The summed E-state index contributed by atoms with van der Waals surface area (Å²) >= 11 is 5.40. The molecule has 0 bridgehead atoms. The molecule has 1 aromatic rings. The maximum atomic E-state index is 5.59. The lowest BCUT2D eigenvalue weighted by Crippen LogP contribution is -2.51. The van der Waals surface area contributed by atoms with Gasteiger partial charge in [0.1, 0.15) is 13.2 Å². The second-order valence-electron chi connectivity index (χ2n) is 5.17. The van der Waals surface area contributed by atoms with Gasteiger partial charge in [0.15, 0.2) is 16.6 Å². The standard InChI is InChI=1S/C14H16N2O2S/c1-14(2)5-6-16(13(19)15-14)10-3-4-11-12(9-10)18-8-7-17-11/h3-6,9H,7-8H2,1-2H3,(H,15,19). The van der Waals surface area contributed by atoms with Gasteiger partial charge >= 0.3 is 0 Å². The van der Waals surface area contributed by atoms with Crippen molar-refractivity contribution in [3.05, 3.63) is 30.5 Å². The Balaban J connectivity index is 1.92. The van der Waals surface area contributed by atoms with E-state index in [0.717, 1.165) is 17.2 Å². The van der Waals surface area contributed by atoms with Gasteiger partial charge in [0.2, 0.25) is 0 Å². The topological polar surface area (TPSA) is 33.7 Å². The molecule has 0 aromatic heterocycles. The maximum Gasteiger partial charge on any atom is 0.178 e. The molecule has 5 heteroatoms. The highest BCUT2D eigenvalue weighted by Crippen LogP contribution is 2.34. The molecule has 2 aliphatic rings. The average molecular weight is 276 g/mol. The Labute approximate surface area is 118 Å². The van der Waals surface area contributed by atoms with Gasteiger partial charge in [-0.1, -0.05) is 0 Å². The largest absolute Gasteiger partial charge is 0.486 e. The van der Waals surface area contributed by atoms with E-state index < -0.39 is 0 Å². The fraction of sp³-hybridized carbons (Fsp3) is 0.357. The zero-order chi connectivity index (χ0) is 13.5. The van der Waals surface area contributed by atoms with Crippen molar-refractivity contribution in [3.63, 3.8) is 0 Å². The number of hydrogen-bond donors (Lipinski definition) is 1. The quantitative estimate of drug-likeness (QED) is 0.797. The Morgan fingerprint density at radius 2 is 1.95 bits per heavy atom. The minimum Gasteiger partial charge on any atom is -0.486 e. The third-order valence-electron chi connectivity index (χ3n) is 3.09. The lowest BCUT2D eigenvalue weighted by Gasteiger charge is -2.35. The van der Waals surface area contributed by atoms with Crippen LogP contribution in [0.5, 0.6) is 11.5 Å². The summed E-state index contributed by atoms with van der Waals surface area (Å²) in [5.74, 6) is 1.56. The van der Waals surface area contributed by atoms with E-state index >= 15 is 0 Å². The first-order chi connectivity index (χ1) is 9.05. The Kier molecular flexibility index (Phi) is 2.86. The molecule has 0 radical (unpaired) electrons. The number of thiocarbonyl (C=S) groups is 1. The van der Waals surface area contributed by atoms with Crippen LogP contribution in [0.4, 0.5) is 5.69 Å². The van der Waals surface area contributed by atoms with Crippen molar-refractivity contribution in [2.45, 2.75) is 19.4 Å². The highest BCUT2D eigenvalue weighted by atomic mass is 32.1. The van der Waals surface area contributed by atoms with Crippen LogP contribution in [0.3, 0.4) is 0 Å². The number of benzene rings is 1. The van der Waals surface area contributed by atoms with Crippen molar-refractivity contribution >= 4 is 23.0 Å². The van der Waals surface area contributed by atoms with Crippen LogP contribution in [0.25, 0.3) is 0 Å². The molecule has 0 fully saturated rings. The van der Waals surface area contributed by atoms with Crippen LogP contribution in [0, 0.1) is 0 Å². The molecule has 0 atom stereocenters. The van der Waals surface area contributed by atoms with E-state index in [2.05, 4.69) is 25.2 Å². The van der Waals surface area contributed by atoms with Gasteiger partial charge in [-0.05, 0) is 44.3 Å². The van der Waals surface area contributed by atoms with Crippen molar-refractivity contribution < 1.29 is 9.47 Å². The number of hydrogen-bond acceptors (Lipinski definition) is 3. The fourth-order valence-corrected chi connectivity index (χ4v) is 2.52. The van der Waals surface area contributed by atoms with E-state index in [1.165, 1.54) is 0 Å². The molecular weight excluding hydrogens is 260 g/mol. The van der Waals surface area contributed by atoms with Crippen molar-refractivity contribution in [3.8, 4) is 11.5 Å². The van der Waals surface area contributed by atoms with Crippen LogP contribution in [-0.4, -0.2) is 23.9 Å². The van der Waals surface area contributed by atoms with E-state index in [9.17, 15) is 0 Å². The summed E-state index contributed by atoms with van der Waals surface area (Å²) in [5.41, 5.74) is 0.856. The van der Waals surface area contributed by atoms with Gasteiger partial charge in [-0.2, -0.15) is 0 Å². The molecule has 2 heterocycles. The zero-order valence-corrected chi connectivity index (χ0v) is 11.8. The number of anilines is 1. The molecule has 4 nitrogen and oxygen atoms in total. The van der Waals surface area contributed by atoms with E-state index in [0.29, 0.717) is 18.3 Å². The molecule has 0 amide bonds. The molecule has 100 valence electrons. The third-order valence-corrected chi connectivity index (χ3v) is 3.39. The zero-order valence-electron chi connectivity index (χ0n) is 11.0. The van der Waals surface area contributed by atoms with Crippen LogP contribution < -0.4 is 19.7 Å². The summed E-state index contributed by atoms with van der Waals surface area (Å²) < 4.78 is 11.1. The summed E-state index contributed by atoms with van der Waals surface area (Å²) in [6, 6.07) is 5.84. The van der Waals surface area contributed by atoms with Crippen molar-refractivity contribution in [2.24, 2.45) is 0 Å². The van der Waals surface area contributed by atoms with E-state index in [-0.39, 0.29) is 5.54 Å². The fourth-order valence-electron chi connectivity index (χ4n) is 2.09. The van der Waals surface area contributed by atoms with Crippen LogP contribution in [0.15, 0.2) is 30.5 Å². The van der Waals surface area contributed by atoms with E-state index in [1.807, 2.05) is 29.3 Å². The van der Waals surface area contributed by atoms with Crippen LogP contribution >= 0.6 is 12.2 Å². The predicted molar refractivity (Wildman–Crippen MR) is 78.9 cm³/mol. The molecule has 0 saturated carbocycles. The number of nitrogens with one attached hydrogen (secondary N) is 1. The molecule has 1 N–H and O–H groups in total. The lowest BCUT2D eigenvalue weighted by atomic mass is 10.0. The smallest absolute Gasteiger partial charge is 0.178 e. The summed E-state index contributed by atoms with van der Waals surface area (Å²) in [7, 11) is 0. The average Bonchev–Trinajstić information content (AvgIpc) is 2.37. The second-order valence-corrected chi connectivity index (χ2v) is 5.55. The third kappa shape index (κ3) is 2.38. The minimum atomic E-state index is -0.110. The van der Waals surface area contributed by atoms with Crippen LogP contribution in [0.2, 0.25) is 0 Å². The molecule has 1 aromatic carbocycles. The Morgan fingerprint density at radius 1 is 1.21 bits per heavy atom. The van der Waals surface area contributed by atoms with Gasteiger partial charge in [-0.3, -0.25) is 4.90 Å². The van der Waals surface area contributed by atoms with Gasteiger partial charge in [-0.25, -0.2) is 0 Å². The first kappa shape index (κ1) is 12.3. The monoisotopic (exact) mass is 276 g/mol. The summed E-state index contributed by atoms with van der Waals surface area (Å²) in [4.78, 5) is 1.93. The van der Waals surface area contributed by atoms with Crippen molar-refractivity contribution in [1.82, 2.24) is 5.32 Å². The molecule has 19 heavy (non-hydrogen) atoms. The molecule has 0 unspecified atom stereocenters. The van der Waals surface area contributed by atoms with E-state index in [1.54, 1.807) is 0 Å². The molecule has 3 rings (SSSR count). The first-order valence-electron chi connectivity index (χ1n) is 6.26. The Bertz CT molecular complexity index is 554. The summed E-state index contributed by atoms with van der Waals surface area (Å²) in [5, 5.41) is 3.97. The maximum absolute atomic E-state index is 5.59. The lowest BCUT2D eigenvalue weighted by molar-refractivity contribution is 0.171. The Hall–Kier alpha value is -1.75. The second kappa shape index (κ2) is 4.42. The first-order valence-corrected chi connectivity index (χ1v) is 6.66. The number of fused-ring (bicyclic) bond motifs is 1. The SMILES string of the molecule is CC1(C)C=CN(c2ccc3c(c2)OCCO3)C(=S)N1. The number of nitrogens with zero attached hydrogens (tertiary/aromatic N) is 1. The van der Waals surface area contributed by atoms with Crippen molar-refractivity contribution in [2.75, 3.05) is 18.1 Å². The molecular formula is C14H16N2O2S. The normalized spacial score (nSPS) is 20.1. The minimum absolute atomic E-state index is 0.110.